The molecule has 0 saturated heterocycles. The summed E-state index contributed by atoms with van der Waals surface area (Å²) in [5, 5.41) is 3.35. The van der Waals surface area contributed by atoms with E-state index in [1.807, 2.05) is 30.4 Å². The molecule has 1 N–H and O–H groups in total. The van der Waals surface area contributed by atoms with Crippen LogP contribution in [0.3, 0.4) is 0 Å². The van der Waals surface area contributed by atoms with Crippen LogP contribution >= 0.6 is 0 Å². The zero-order valence-electron chi connectivity index (χ0n) is 13.2. The summed E-state index contributed by atoms with van der Waals surface area (Å²) in [7, 11) is 0. The van der Waals surface area contributed by atoms with E-state index in [9.17, 15) is 14.4 Å². The molecule has 25 heavy (non-hydrogen) atoms. The van der Waals surface area contributed by atoms with Crippen LogP contribution in [0.2, 0.25) is 0 Å². The molecule has 0 saturated carbocycles. The topological polar surface area (TPSA) is 63.2 Å². The van der Waals surface area contributed by atoms with Gasteiger partial charge in [0.05, 0.1) is 22.9 Å². The van der Waals surface area contributed by atoms with Crippen molar-refractivity contribution in [3.63, 3.8) is 0 Å². The standard InChI is InChI=1S/C21H13NO3/c23-16-10-12-9-11-5-1-4-8-15(11)22-19(12)18-17(16)20(24)13-6-2-3-7-14(13)21(18)25/h1-9,15,22H,10H2. The molecule has 0 fully saturated rings. The van der Waals surface area contributed by atoms with E-state index in [2.05, 4.69) is 5.32 Å². The van der Waals surface area contributed by atoms with Gasteiger partial charge in [0.25, 0.3) is 0 Å². The second-order valence-corrected chi connectivity index (χ2v) is 6.46. The lowest BCUT2D eigenvalue weighted by Crippen LogP contribution is -2.40. The van der Waals surface area contributed by atoms with Gasteiger partial charge in [-0.05, 0) is 11.1 Å². The van der Waals surface area contributed by atoms with Gasteiger partial charge in [-0.25, -0.2) is 0 Å². The number of benzene rings is 1. The number of allylic oxidation sites excluding steroid dienone is 6. The molecule has 1 heterocycles. The van der Waals surface area contributed by atoms with E-state index in [1.165, 1.54) is 0 Å². The molecule has 1 atom stereocenters. The number of rotatable bonds is 0. The summed E-state index contributed by atoms with van der Waals surface area (Å²) in [6.07, 6.45) is 9.95. The second kappa shape index (κ2) is 4.86. The van der Waals surface area contributed by atoms with Crippen LogP contribution in [0, 0.1) is 0 Å². The molecule has 4 nitrogen and oxygen atoms in total. The number of dihydropyridines is 1. The molecule has 3 aliphatic carbocycles. The number of fused-ring (bicyclic) bond motifs is 3. The first-order valence-electron chi connectivity index (χ1n) is 8.17. The van der Waals surface area contributed by atoms with E-state index in [-0.39, 0.29) is 41.0 Å². The average Bonchev–Trinajstić information content (AvgIpc) is 2.64. The Morgan fingerprint density at radius 2 is 1.64 bits per heavy atom. The molecule has 4 aliphatic rings. The molecular formula is C21H13NO3. The maximum absolute atomic E-state index is 13.1. The van der Waals surface area contributed by atoms with Crippen molar-refractivity contribution in [2.75, 3.05) is 0 Å². The van der Waals surface area contributed by atoms with Crippen LogP contribution in [-0.2, 0) is 4.79 Å². The Morgan fingerprint density at radius 1 is 0.920 bits per heavy atom. The van der Waals surface area contributed by atoms with E-state index in [4.69, 9.17) is 0 Å². The molecule has 5 rings (SSSR count). The maximum Gasteiger partial charge on any atom is 0.198 e. The van der Waals surface area contributed by atoms with Crippen LogP contribution in [0.5, 0.6) is 0 Å². The number of Topliss-reactive ketones (excluding diaryl/α,β-unsaturated/α-hetero) is 3. The zero-order valence-corrected chi connectivity index (χ0v) is 13.2. The lowest BCUT2D eigenvalue weighted by molar-refractivity contribution is -0.114. The van der Waals surface area contributed by atoms with Crippen molar-refractivity contribution in [2.24, 2.45) is 0 Å². The summed E-state index contributed by atoms with van der Waals surface area (Å²) in [5.74, 6) is -0.892. The number of ketones is 3. The summed E-state index contributed by atoms with van der Waals surface area (Å²) in [4.78, 5) is 38.6. The van der Waals surface area contributed by atoms with Gasteiger partial charge in [-0.1, -0.05) is 54.6 Å². The monoisotopic (exact) mass is 327 g/mol. The molecule has 1 unspecified atom stereocenters. The summed E-state index contributed by atoms with van der Waals surface area (Å²) in [6, 6.07) is 6.64. The van der Waals surface area contributed by atoms with E-state index >= 15 is 0 Å². The highest BCUT2D eigenvalue weighted by Gasteiger charge is 2.42. The molecule has 0 bridgehead atoms. The molecule has 0 aromatic heterocycles. The third kappa shape index (κ3) is 1.85. The minimum atomic E-state index is -0.350. The van der Waals surface area contributed by atoms with Crippen molar-refractivity contribution in [1.82, 2.24) is 5.32 Å². The van der Waals surface area contributed by atoms with E-state index in [0.717, 1.165) is 11.1 Å². The van der Waals surface area contributed by atoms with E-state index in [1.54, 1.807) is 24.3 Å². The van der Waals surface area contributed by atoms with Gasteiger partial charge in [-0.15, -0.1) is 0 Å². The molecule has 120 valence electrons. The molecule has 4 heteroatoms. The molecule has 0 amide bonds. The largest absolute Gasteiger partial charge is 0.374 e. The molecule has 1 aromatic carbocycles. The Kier molecular flexibility index (Phi) is 2.74. The Bertz CT molecular complexity index is 1050. The van der Waals surface area contributed by atoms with Gasteiger partial charge in [0, 0.05) is 17.5 Å². The van der Waals surface area contributed by atoms with Gasteiger partial charge in [0.1, 0.15) is 0 Å². The first kappa shape index (κ1) is 14.1. The lowest BCUT2D eigenvalue weighted by Gasteiger charge is -2.34. The van der Waals surface area contributed by atoms with Gasteiger partial charge in [0.15, 0.2) is 17.3 Å². The first-order valence-corrected chi connectivity index (χ1v) is 8.17. The van der Waals surface area contributed by atoms with Crippen LogP contribution in [-0.4, -0.2) is 23.4 Å². The smallest absolute Gasteiger partial charge is 0.198 e. The highest BCUT2D eigenvalue weighted by atomic mass is 16.2. The van der Waals surface area contributed by atoms with Gasteiger partial charge in [-0.3, -0.25) is 14.4 Å². The van der Waals surface area contributed by atoms with Crippen LogP contribution in [0.25, 0.3) is 0 Å². The molecule has 0 radical (unpaired) electrons. The Morgan fingerprint density at radius 3 is 2.40 bits per heavy atom. The summed E-state index contributed by atoms with van der Waals surface area (Å²) >= 11 is 0. The van der Waals surface area contributed by atoms with Gasteiger partial charge < -0.3 is 5.32 Å². The fourth-order valence-corrected chi connectivity index (χ4v) is 3.86. The second-order valence-electron chi connectivity index (χ2n) is 6.46. The minimum absolute atomic E-state index is 0.0298. The Hall–Kier alpha value is -3.27. The summed E-state index contributed by atoms with van der Waals surface area (Å²) in [6.45, 7) is 0. The number of carbonyl (C=O) groups excluding carboxylic acids is 3. The number of hydrogen-bond donors (Lipinski definition) is 1. The molecule has 1 aliphatic heterocycles. The number of hydrogen-bond acceptors (Lipinski definition) is 4. The van der Waals surface area contributed by atoms with E-state index < -0.39 is 0 Å². The van der Waals surface area contributed by atoms with Gasteiger partial charge in [-0.2, -0.15) is 0 Å². The third-order valence-corrected chi connectivity index (χ3v) is 5.02. The van der Waals surface area contributed by atoms with Gasteiger partial charge >= 0.3 is 0 Å². The molecule has 0 spiro atoms. The van der Waals surface area contributed by atoms with Crippen LogP contribution in [0.15, 0.2) is 82.6 Å². The summed E-state index contributed by atoms with van der Waals surface area (Å²) < 4.78 is 0. The number of carbonyl (C=O) groups is 3. The van der Waals surface area contributed by atoms with Crippen LogP contribution in [0.4, 0.5) is 0 Å². The fourth-order valence-electron chi connectivity index (χ4n) is 3.86. The third-order valence-electron chi connectivity index (χ3n) is 5.02. The SMILES string of the molecule is O=C1CC2=C(NC3C=CC=CC3=C2)C2=C1C(=O)c1ccccc1C2=O. The predicted octanol–water partition coefficient (Wildman–Crippen LogP) is 2.61. The normalized spacial score (nSPS) is 23.6. The highest BCUT2D eigenvalue weighted by molar-refractivity contribution is 6.38. The van der Waals surface area contributed by atoms with Crippen molar-refractivity contribution in [3.05, 3.63) is 93.8 Å². The molecular weight excluding hydrogens is 314 g/mol. The van der Waals surface area contributed by atoms with E-state index in [0.29, 0.717) is 16.8 Å². The quantitative estimate of drug-likeness (QED) is 0.744. The predicted molar refractivity (Wildman–Crippen MR) is 92.1 cm³/mol. The van der Waals surface area contributed by atoms with Gasteiger partial charge in [0.2, 0.25) is 0 Å². The lowest BCUT2D eigenvalue weighted by atomic mass is 9.74. The first-order chi connectivity index (χ1) is 12.1. The average molecular weight is 327 g/mol. The van der Waals surface area contributed by atoms with Crippen molar-refractivity contribution in [3.8, 4) is 0 Å². The van der Waals surface area contributed by atoms with Crippen molar-refractivity contribution < 1.29 is 14.4 Å². The van der Waals surface area contributed by atoms with Crippen LogP contribution in [0.1, 0.15) is 27.1 Å². The summed E-state index contributed by atoms with van der Waals surface area (Å²) in [5.41, 5.74) is 3.38. The molecule has 1 aromatic rings. The van der Waals surface area contributed by atoms with Crippen LogP contribution < -0.4 is 5.32 Å². The Labute approximate surface area is 143 Å². The van der Waals surface area contributed by atoms with Crippen molar-refractivity contribution >= 4 is 17.3 Å². The Balaban J connectivity index is 1.74. The highest BCUT2D eigenvalue weighted by Crippen LogP contribution is 2.39. The fraction of sp³-hybridized carbons (Fsp3) is 0.0952. The number of nitrogens with one attached hydrogen (secondary N) is 1. The maximum atomic E-state index is 13.1. The van der Waals surface area contributed by atoms with Crippen molar-refractivity contribution in [1.29, 1.82) is 0 Å². The van der Waals surface area contributed by atoms with Crippen molar-refractivity contribution in [2.45, 2.75) is 12.5 Å². The zero-order chi connectivity index (χ0) is 17.1. The minimum Gasteiger partial charge on any atom is -0.374 e.